The third-order valence-corrected chi connectivity index (χ3v) is 4.31. The van der Waals surface area contributed by atoms with Crippen LogP contribution in [0.5, 0.6) is 0 Å². The Labute approximate surface area is 147 Å². The summed E-state index contributed by atoms with van der Waals surface area (Å²) in [5.74, 6) is 0. The molecule has 1 aromatic heterocycles. The summed E-state index contributed by atoms with van der Waals surface area (Å²) in [6.07, 6.45) is 1.93. The van der Waals surface area contributed by atoms with Crippen LogP contribution in [0.2, 0.25) is 0 Å². The van der Waals surface area contributed by atoms with E-state index in [2.05, 4.69) is 29.2 Å². The van der Waals surface area contributed by atoms with E-state index in [1.54, 1.807) is 0 Å². The molecule has 0 bridgehead atoms. The van der Waals surface area contributed by atoms with E-state index >= 15 is 0 Å². The maximum Gasteiger partial charge on any atom is 0.0937 e. The maximum absolute atomic E-state index is 6.62. The lowest BCUT2D eigenvalue weighted by Crippen LogP contribution is -1.99. The van der Waals surface area contributed by atoms with Crippen molar-refractivity contribution in [3.05, 3.63) is 97.2 Å². The molecule has 2 N–H and O–H groups in total. The van der Waals surface area contributed by atoms with Crippen LogP contribution in [0.15, 0.2) is 97.2 Å². The molecule has 4 rings (SSSR count). The summed E-state index contributed by atoms with van der Waals surface area (Å²) in [5.41, 5.74) is 13.5. The SMILES string of the molecule is Nc1c(-c2ccccc2)ncc(-c2ccccc2)c1-c1ccccc1. The second-order valence-corrected chi connectivity index (χ2v) is 5.91. The van der Waals surface area contributed by atoms with Crippen LogP contribution in [0.25, 0.3) is 33.5 Å². The van der Waals surface area contributed by atoms with E-state index < -0.39 is 0 Å². The van der Waals surface area contributed by atoms with E-state index in [-0.39, 0.29) is 0 Å². The fraction of sp³-hybridized carbons (Fsp3) is 0. The van der Waals surface area contributed by atoms with Gasteiger partial charge in [0.15, 0.2) is 0 Å². The summed E-state index contributed by atoms with van der Waals surface area (Å²) in [6.45, 7) is 0. The Morgan fingerprint density at radius 3 is 1.60 bits per heavy atom. The molecule has 4 aromatic rings. The van der Waals surface area contributed by atoms with Gasteiger partial charge in [0, 0.05) is 22.9 Å². The van der Waals surface area contributed by atoms with Crippen LogP contribution >= 0.6 is 0 Å². The number of nitrogen functional groups attached to an aromatic ring is 1. The van der Waals surface area contributed by atoms with E-state index in [1.807, 2.05) is 72.9 Å². The summed E-state index contributed by atoms with van der Waals surface area (Å²) in [7, 11) is 0. The number of nitrogens with zero attached hydrogens (tertiary/aromatic N) is 1. The second kappa shape index (κ2) is 6.62. The van der Waals surface area contributed by atoms with Crippen molar-refractivity contribution in [2.24, 2.45) is 0 Å². The Bertz CT molecular complexity index is 978. The van der Waals surface area contributed by atoms with Crippen molar-refractivity contribution in [3.8, 4) is 33.5 Å². The number of benzene rings is 3. The number of pyridine rings is 1. The molecule has 120 valence electrons. The molecule has 1 heterocycles. The van der Waals surface area contributed by atoms with Gasteiger partial charge in [0.1, 0.15) is 0 Å². The van der Waals surface area contributed by atoms with Crippen molar-refractivity contribution >= 4 is 5.69 Å². The molecular weight excluding hydrogens is 304 g/mol. The van der Waals surface area contributed by atoms with Crippen molar-refractivity contribution in [1.29, 1.82) is 0 Å². The van der Waals surface area contributed by atoms with Gasteiger partial charge in [-0.2, -0.15) is 0 Å². The third-order valence-electron chi connectivity index (χ3n) is 4.31. The van der Waals surface area contributed by atoms with Gasteiger partial charge in [-0.3, -0.25) is 4.98 Å². The van der Waals surface area contributed by atoms with Crippen molar-refractivity contribution in [3.63, 3.8) is 0 Å². The van der Waals surface area contributed by atoms with Crippen molar-refractivity contribution in [2.45, 2.75) is 0 Å². The molecule has 0 saturated carbocycles. The van der Waals surface area contributed by atoms with Crippen LogP contribution < -0.4 is 5.73 Å². The standard InChI is InChI=1S/C23H18N2/c24-22-21(18-12-6-2-7-13-18)20(17-10-4-1-5-11-17)16-25-23(22)19-14-8-3-9-15-19/h1-16H,24H2. The van der Waals surface area contributed by atoms with Gasteiger partial charge in [0.2, 0.25) is 0 Å². The molecule has 0 fully saturated rings. The molecule has 0 unspecified atom stereocenters. The average Bonchev–Trinajstić information content (AvgIpc) is 2.70. The molecule has 2 nitrogen and oxygen atoms in total. The molecule has 0 atom stereocenters. The molecule has 2 heteroatoms. The fourth-order valence-electron chi connectivity index (χ4n) is 3.11. The number of anilines is 1. The van der Waals surface area contributed by atoms with Crippen molar-refractivity contribution in [1.82, 2.24) is 4.98 Å². The van der Waals surface area contributed by atoms with E-state index in [9.17, 15) is 0 Å². The van der Waals surface area contributed by atoms with Gasteiger partial charge in [-0.15, -0.1) is 0 Å². The summed E-state index contributed by atoms with van der Waals surface area (Å²) in [6, 6.07) is 30.6. The Morgan fingerprint density at radius 2 is 1.04 bits per heavy atom. The van der Waals surface area contributed by atoms with E-state index in [0.717, 1.165) is 33.5 Å². The Morgan fingerprint density at radius 1 is 0.560 bits per heavy atom. The summed E-state index contributed by atoms with van der Waals surface area (Å²) < 4.78 is 0. The average molecular weight is 322 g/mol. The number of hydrogen-bond donors (Lipinski definition) is 1. The lowest BCUT2D eigenvalue weighted by molar-refractivity contribution is 1.33. The molecule has 0 aliphatic heterocycles. The van der Waals surface area contributed by atoms with Crippen LogP contribution in [-0.2, 0) is 0 Å². The van der Waals surface area contributed by atoms with E-state index in [4.69, 9.17) is 5.73 Å². The molecule has 25 heavy (non-hydrogen) atoms. The Kier molecular flexibility index (Phi) is 4.01. The van der Waals surface area contributed by atoms with Gasteiger partial charge < -0.3 is 5.73 Å². The Hall–Kier alpha value is -3.39. The second-order valence-electron chi connectivity index (χ2n) is 5.91. The highest BCUT2D eigenvalue weighted by Crippen LogP contribution is 2.40. The first kappa shape index (κ1) is 15.2. The van der Waals surface area contributed by atoms with Gasteiger partial charge in [0.25, 0.3) is 0 Å². The molecule has 0 aliphatic rings. The van der Waals surface area contributed by atoms with Crippen LogP contribution in [0, 0.1) is 0 Å². The van der Waals surface area contributed by atoms with Crippen LogP contribution in [0.4, 0.5) is 5.69 Å². The van der Waals surface area contributed by atoms with Crippen LogP contribution in [-0.4, -0.2) is 4.98 Å². The zero-order valence-corrected chi connectivity index (χ0v) is 13.8. The zero-order chi connectivity index (χ0) is 17.1. The third kappa shape index (κ3) is 2.90. The minimum atomic E-state index is 0.707. The number of rotatable bonds is 3. The number of nitrogens with two attached hydrogens (primary N) is 1. The van der Waals surface area contributed by atoms with Crippen molar-refractivity contribution < 1.29 is 0 Å². The summed E-state index contributed by atoms with van der Waals surface area (Å²) in [4.78, 5) is 4.69. The minimum Gasteiger partial charge on any atom is -0.396 e. The predicted molar refractivity (Wildman–Crippen MR) is 105 cm³/mol. The lowest BCUT2D eigenvalue weighted by Gasteiger charge is -2.16. The van der Waals surface area contributed by atoms with Gasteiger partial charge in [-0.05, 0) is 11.1 Å². The van der Waals surface area contributed by atoms with Crippen LogP contribution in [0.3, 0.4) is 0 Å². The van der Waals surface area contributed by atoms with Gasteiger partial charge in [-0.1, -0.05) is 91.0 Å². The molecule has 3 aromatic carbocycles. The lowest BCUT2D eigenvalue weighted by atomic mass is 9.93. The van der Waals surface area contributed by atoms with Gasteiger partial charge in [0.05, 0.1) is 11.4 Å². The molecule has 0 saturated heterocycles. The molecule has 0 spiro atoms. The van der Waals surface area contributed by atoms with Crippen LogP contribution in [0.1, 0.15) is 0 Å². The number of aromatic nitrogens is 1. The predicted octanol–water partition coefficient (Wildman–Crippen LogP) is 5.66. The highest BCUT2D eigenvalue weighted by Gasteiger charge is 2.16. The first-order valence-electron chi connectivity index (χ1n) is 8.29. The highest BCUT2D eigenvalue weighted by atomic mass is 14.7. The minimum absolute atomic E-state index is 0.707. The zero-order valence-electron chi connectivity index (χ0n) is 13.8. The normalized spacial score (nSPS) is 10.6. The molecular formula is C23H18N2. The van der Waals surface area contributed by atoms with Gasteiger partial charge >= 0.3 is 0 Å². The van der Waals surface area contributed by atoms with E-state index in [1.165, 1.54) is 0 Å². The Balaban J connectivity index is 2.00. The highest BCUT2D eigenvalue weighted by molar-refractivity contribution is 5.96. The van der Waals surface area contributed by atoms with Crippen molar-refractivity contribution in [2.75, 3.05) is 5.73 Å². The quantitative estimate of drug-likeness (QED) is 0.528. The topological polar surface area (TPSA) is 38.9 Å². The smallest absolute Gasteiger partial charge is 0.0937 e. The first-order chi connectivity index (χ1) is 12.3. The molecule has 0 aliphatic carbocycles. The summed E-state index contributed by atoms with van der Waals surface area (Å²) in [5, 5.41) is 0. The summed E-state index contributed by atoms with van der Waals surface area (Å²) >= 11 is 0. The van der Waals surface area contributed by atoms with Gasteiger partial charge in [-0.25, -0.2) is 0 Å². The maximum atomic E-state index is 6.62. The largest absolute Gasteiger partial charge is 0.396 e. The monoisotopic (exact) mass is 322 g/mol. The van der Waals surface area contributed by atoms with E-state index in [0.29, 0.717) is 5.69 Å². The fourth-order valence-corrected chi connectivity index (χ4v) is 3.11. The first-order valence-corrected chi connectivity index (χ1v) is 8.29. The number of hydrogen-bond acceptors (Lipinski definition) is 2. The molecule has 0 radical (unpaired) electrons. The molecule has 0 amide bonds.